The van der Waals surface area contributed by atoms with E-state index in [0.717, 1.165) is 15.6 Å². The SMILES string of the molecule is Cc1c(C(=O)C(C#N)=CNc2ccc([N+](=O)[O-])cc2)sc2ccc(Cl)cc12. The highest BCUT2D eigenvalue weighted by atomic mass is 35.5. The maximum Gasteiger partial charge on any atom is 0.269 e. The average molecular weight is 398 g/mol. The lowest BCUT2D eigenvalue weighted by atomic mass is 10.1. The molecule has 3 aromatic rings. The summed E-state index contributed by atoms with van der Waals surface area (Å²) in [4.78, 5) is 23.4. The summed E-state index contributed by atoms with van der Waals surface area (Å²) < 4.78 is 0.917. The number of thiophene rings is 1. The lowest BCUT2D eigenvalue weighted by Crippen LogP contribution is -2.04. The smallest absolute Gasteiger partial charge is 0.269 e. The Hall–Kier alpha value is -3.21. The number of ketones is 1. The van der Waals surface area contributed by atoms with E-state index in [1.165, 1.54) is 41.8 Å². The molecule has 134 valence electrons. The van der Waals surface area contributed by atoms with Crippen LogP contribution < -0.4 is 5.32 Å². The van der Waals surface area contributed by atoms with Crippen molar-refractivity contribution >= 4 is 50.2 Å². The minimum Gasteiger partial charge on any atom is -0.360 e. The zero-order valence-corrected chi connectivity index (χ0v) is 15.6. The van der Waals surface area contributed by atoms with Gasteiger partial charge in [0.15, 0.2) is 0 Å². The summed E-state index contributed by atoms with van der Waals surface area (Å²) in [6.07, 6.45) is 1.31. The van der Waals surface area contributed by atoms with Crippen molar-refractivity contribution in [2.24, 2.45) is 0 Å². The van der Waals surface area contributed by atoms with Crippen molar-refractivity contribution in [2.45, 2.75) is 6.92 Å². The number of benzene rings is 2. The molecular formula is C19H12ClN3O3S. The van der Waals surface area contributed by atoms with E-state index < -0.39 is 4.92 Å². The lowest BCUT2D eigenvalue weighted by Gasteiger charge is -2.02. The first kappa shape index (κ1) is 18.6. The Labute approximate surface area is 163 Å². The maximum absolute atomic E-state index is 12.8. The lowest BCUT2D eigenvalue weighted by molar-refractivity contribution is -0.384. The van der Waals surface area contributed by atoms with Crippen molar-refractivity contribution < 1.29 is 9.72 Å². The molecule has 1 heterocycles. The van der Waals surface area contributed by atoms with Crippen molar-refractivity contribution in [3.05, 3.63) is 79.8 Å². The first-order valence-corrected chi connectivity index (χ1v) is 8.94. The van der Waals surface area contributed by atoms with Crippen LogP contribution in [0.3, 0.4) is 0 Å². The monoisotopic (exact) mass is 397 g/mol. The number of carbonyl (C=O) groups excluding carboxylic acids is 1. The third-order valence-electron chi connectivity index (χ3n) is 3.93. The Morgan fingerprint density at radius 2 is 2.00 bits per heavy atom. The summed E-state index contributed by atoms with van der Waals surface area (Å²) in [7, 11) is 0. The fraction of sp³-hybridized carbons (Fsp3) is 0.0526. The highest BCUT2D eigenvalue weighted by Gasteiger charge is 2.19. The molecule has 0 spiro atoms. The second-order valence-corrected chi connectivity index (χ2v) is 7.13. The fourth-order valence-corrected chi connectivity index (χ4v) is 3.83. The van der Waals surface area contributed by atoms with Gasteiger partial charge in [0.05, 0.1) is 9.80 Å². The van der Waals surface area contributed by atoms with Gasteiger partial charge in [-0.2, -0.15) is 5.26 Å². The van der Waals surface area contributed by atoms with E-state index >= 15 is 0 Å². The molecule has 0 aliphatic carbocycles. The van der Waals surface area contributed by atoms with Crippen molar-refractivity contribution in [1.82, 2.24) is 0 Å². The van der Waals surface area contributed by atoms with Gasteiger partial charge >= 0.3 is 0 Å². The van der Waals surface area contributed by atoms with Crippen molar-refractivity contribution in [3.63, 3.8) is 0 Å². The number of nitrogens with zero attached hydrogens (tertiary/aromatic N) is 2. The minimum atomic E-state index is -0.500. The van der Waals surface area contributed by atoms with Crippen molar-refractivity contribution in [3.8, 4) is 6.07 Å². The number of anilines is 1. The molecule has 3 rings (SSSR count). The van der Waals surface area contributed by atoms with Crippen LogP contribution in [0, 0.1) is 28.4 Å². The number of non-ortho nitro benzene ring substituents is 1. The second-order valence-electron chi connectivity index (χ2n) is 5.64. The molecule has 0 aliphatic heterocycles. The Morgan fingerprint density at radius 3 is 2.63 bits per heavy atom. The molecule has 0 unspecified atom stereocenters. The average Bonchev–Trinajstić information content (AvgIpc) is 2.98. The van der Waals surface area contributed by atoms with Gasteiger partial charge in [0.25, 0.3) is 5.69 Å². The largest absolute Gasteiger partial charge is 0.360 e. The number of fused-ring (bicyclic) bond motifs is 1. The van der Waals surface area contributed by atoms with Crippen LogP contribution in [0.15, 0.2) is 54.2 Å². The predicted molar refractivity (Wildman–Crippen MR) is 106 cm³/mol. The van der Waals surface area contributed by atoms with Crippen LogP contribution >= 0.6 is 22.9 Å². The Bertz CT molecular complexity index is 1130. The fourth-order valence-electron chi connectivity index (χ4n) is 2.52. The molecule has 0 saturated heterocycles. The summed E-state index contributed by atoms with van der Waals surface area (Å²) in [5.41, 5.74) is 1.20. The van der Waals surface area contributed by atoms with Crippen LogP contribution in [-0.4, -0.2) is 10.7 Å². The van der Waals surface area contributed by atoms with Gasteiger partial charge in [-0.3, -0.25) is 14.9 Å². The first-order chi connectivity index (χ1) is 12.9. The van der Waals surface area contributed by atoms with E-state index in [-0.39, 0.29) is 17.0 Å². The number of allylic oxidation sites excluding steroid dienone is 1. The number of halogens is 1. The van der Waals surface area contributed by atoms with Gasteiger partial charge in [0.2, 0.25) is 5.78 Å². The second kappa shape index (κ2) is 7.58. The number of rotatable bonds is 5. The van der Waals surface area contributed by atoms with E-state index in [9.17, 15) is 20.2 Å². The molecule has 6 nitrogen and oxygen atoms in total. The number of nitro benzene ring substituents is 1. The van der Waals surface area contributed by atoms with Gasteiger partial charge in [-0.25, -0.2) is 0 Å². The number of nitriles is 1. The topological polar surface area (TPSA) is 96.0 Å². The van der Waals surface area contributed by atoms with Crippen molar-refractivity contribution in [2.75, 3.05) is 5.32 Å². The number of nitro groups is 1. The number of carbonyl (C=O) groups is 1. The van der Waals surface area contributed by atoms with Crippen molar-refractivity contribution in [1.29, 1.82) is 5.26 Å². The van der Waals surface area contributed by atoms with Crippen LogP contribution in [-0.2, 0) is 0 Å². The number of Topliss-reactive ketones (excluding diaryl/α,β-unsaturated/α-hetero) is 1. The van der Waals surface area contributed by atoms with E-state index in [2.05, 4.69) is 5.32 Å². The van der Waals surface area contributed by atoms with Gasteiger partial charge in [-0.05, 0) is 48.2 Å². The molecule has 0 fully saturated rings. The van der Waals surface area contributed by atoms with Gasteiger partial charge in [-0.15, -0.1) is 11.3 Å². The molecule has 0 atom stereocenters. The number of nitrogens with one attached hydrogen (secondary N) is 1. The zero-order chi connectivity index (χ0) is 19.6. The van der Waals surface area contributed by atoms with Gasteiger partial charge in [0.1, 0.15) is 11.6 Å². The molecule has 0 amide bonds. The number of hydrogen-bond donors (Lipinski definition) is 1. The molecule has 0 saturated carbocycles. The summed E-state index contributed by atoms with van der Waals surface area (Å²) in [6, 6.07) is 13.0. The molecule has 8 heteroatoms. The van der Waals surface area contributed by atoms with Crippen LogP contribution in [0.4, 0.5) is 11.4 Å². The quantitative estimate of drug-likeness (QED) is 0.202. The highest BCUT2D eigenvalue weighted by molar-refractivity contribution is 7.21. The van der Waals surface area contributed by atoms with Gasteiger partial charge in [-0.1, -0.05) is 11.6 Å². The maximum atomic E-state index is 12.8. The minimum absolute atomic E-state index is 0.0410. The molecule has 2 aromatic carbocycles. The number of aryl methyl sites for hydroxylation is 1. The Kier molecular flexibility index (Phi) is 5.21. The molecule has 1 aromatic heterocycles. The Balaban J connectivity index is 1.88. The molecular weight excluding hydrogens is 386 g/mol. The standard InChI is InChI=1S/C19H12ClN3O3S/c1-11-16-8-13(20)2-7-17(16)27-19(11)18(24)12(9-21)10-22-14-3-5-15(6-4-14)23(25)26/h2-8,10,22H,1H3. The molecule has 0 radical (unpaired) electrons. The summed E-state index contributed by atoms with van der Waals surface area (Å²) in [6.45, 7) is 1.82. The normalized spacial score (nSPS) is 11.2. The van der Waals surface area contributed by atoms with Crippen LogP contribution in [0.5, 0.6) is 0 Å². The summed E-state index contributed by atoms with van der Waals surface area (Å²) in [5, 5.41) is 24.4. The van der Waals surface area contributed by atoms with Gasteiger partial charge < -0.3 is 5.32 Å². The van der Waals surface area contributed by atoms with Crippen LogP contribution in [0.1, 0.15) is 15.2 Å². The first-order valence-electron chi connectivity index (χ1n) is 7.75. The number of hydrogen-bond acceptors (Lipinski definition) is 6. The Morgan fingerprint density at radius 1 is 1.30 bits per heavy atom. The molecule has 0 bridgehead atoms. The van der Waals surface area contributed by atoms with Gasteiger partial charge in [0, 0.05) is 33.7 Å². The third-order valence-corrected chi connectivity index (χ3v) is 5.44. The van der Waals surface area contributed by atoms with E-state index in [4.69, 9.17) is 11.6 Å². The van der Waals surface area contributed by atoms with Crippen LogP contribution in [0.2, 0.25) is 5.02 Å². The summed E-state index contributed by atoms with van der Waals surface area (Å²) >= 11 is 7.33. The van der Waals surface area contributed by atoms with E-state index in [1.807, 2.05) is 19.1 Å². The third kappa shape index (κ3) is 3.82. The van der Waals surface area contributed by atoms with Crippen LogP contribution in [0.25, 0.3) is 10.1 Å². The molecule has 0 aliphatic rings. The zero-order valence-electron chi connectivity index (χ0n) is 14.0. The van der Waals surface area contributed by atoms with E-state index in [0.29, 0.717) is 15.6 Å². The van der Waals surface area contributed by atoms with E-state index in [1.54, 1.807) is 12.1 Å². The highest BCUT2D eigenvalue weighted by Crippen LogP contribution is 2.34. The molecule has 27 heavy (non-hydrogen) atoms. The summed E-state index contributed by atoms with van der Waals surface area (Å²) in [5.74, 6) is -0.387. The molecule has 1 N–H and O–H groups in total. The predicted octanol–water partition coefficient (Wildman–Crippen LogP) is 5.47.